The van der Waals surface area contributed by atoms with Crippen LogP contribution in [-0.4, -0.2) is 57.4 Å². The van der Waals surface area contributed by atoms with Crippen molar-refractivity contribution >= 4 is 15.9 Å². The smallest absolute Gasteiger partial charge is 0.275 e. The lowest BCUT2D eigenvalue weighted by molar-refractivity contribution is -0.895. The molecular formula is C19H32N3O3S+. The number of carbonyl (C=O) groups excluding carboxylic acids is 1. The summed E-state index contributed by atoms with van der Waals surface area (Å²) in [6.07, 6.45) is 0.905. The molecule has 0 radical (unpaired) electrons. The van der Waals surface area contributed by atoms with Gasteiger partial charge in [-0.1, -0.05) is 24.6 Å². The van der Waals surface area contributed by atoms with E-state index >= 15 is 0 Å². The topological polar surface area (TPSA) is 70.9 Å². The Bertz CT molecular complexity index is 730. The second-order valence-corrected chi connectivity index (χ2v) is 9.31. The molecule has 6 nitrogen and oxygen atoms in total. The summed E-state index contributed by atoms with van der Waals surface area (Å²) in [4.78, 5) is 13.6. The van der Waals surface area contributed by atoms with Gasteiger partial charge in [-0.25, -0.2) is 8.42 Å². The molecule has 1 aromatic rings. The molecular weight excluding hydrogens is 350 g/mol. The van der Waals surface area contributed by atoms with Crippen LogP contribution in [0.4, 0.5) is 0 Å². The molecule has 1 atom stereocenters. The van der Waals surface area contributed by atoms with E-state index in [0.29, 0.717) is 37.6 Å². The maximum absolute atomic E-state index is 13.1. The highest BCUT2D eigenvalue weighted by molar-refractivity contribution is 7.89. The summed E-state index contributed by atoms with van der Waals surface area (Å²) in [5, 5.41) is 2.97. The zero-order chi connectivity index (χ0) is 19.5. The number of aryl methyl sites for hydroxylation is 3. The summed E-state index contributed by atoms with van der Waals surface area (Å²) in [6.45, 7) is 12.3. The first kappa shape index (κ1) is 20.9. The average Bonchev–Trinajstić information content (AvgIpc) is 2.53. The number of nitrogens with one attached hydrogen (secondary N) is 2. The van der Waals surface area contributed by atoms with E-state index < -0.39 is 10.0 Å². The van der Waals surface area contributed by atoms with Crippen LogP contribution in [0.5, 0.6) is 0 Å². The maximum atomic E-state index is 13.1. The molecule has 1 heterocycles. The summed E-state index contributed by atoms with van der Waals surface area (Å²) in [6, 6.07) is 4.01. The van der Waals surface area contributed by atoms with Gasteiger partial charge in [0.05, 0.1) is 31.1 Å². The van der Waals surface area contributed by atoms with Gasteiger partial charge in [0.1, 0.15) is 0 Å². The Hall–Kier alpha value is -1.44. The Balaban J connectivity index is 2.02. The number of amides is 1. The minimum Gasteiger partial charge on any atom is -0.349 e. The summed E-state index contributed by atoms with van der Waals surface area (Å²) in [7, 11) is -3.50. The van der Waals surface area contributed by atoms with Crippen LogP contribution < -0.4 is 10.2 Å². The molecule has 0 spiro atoms. The van der Waals surface area contributed by atoms with E-state index in [0.717, 1.165) is 28.0 Å². The van der Waals surface area contributed by atoms with Gasteiger partial charge < -0.3 is 10.2 Å². The lowest BCUT2D eigenvalue weighted by Gasteiger charge is -2.32. The molecule has 1 amide bonds. The standard InChI is InChI=1S/C19H31N3O3S/c1-6-17(5)20-18(23)13-21-7-9-22(10-8-21)26(24,25)19-15(3)11-14(2)12-16(19)4/h11-12,17H,6-10,13H2,1-5H3,(H,20,23)/p+1/t17-/m0/s1. The molecule has 0 bridgehead atoms. The lowest BCUT2D eigenvalue weighted by Crippen LogP contribution is -3.15. The molecule has 0 aromatic heterocycles. The Morgan fingerprint density at radius 2 is 1.73 bits per heavy atom. The lowest BCUT2D eigenvalue weighted by atomic mass is 10.1. The van der Waals surface area contributed by atoms with Crippen LogP contribution in [0.1, 0.15) is 37.0 Å². The van der Waals surface area contributed by atoms with E-state index in [2.05, 4.69) is 5.32 Å². The van der Waals surface area contributed by atoms with Gasteiger partial charge >= 0.3 is 0 Å². The van der Waals surface area contributed by atoms with E-state index in [4.69, 9.17) is 0 Å². The van der Waals surface area contributed by atoms with Crippen LogP contribution in [0.2, 0.25) is 0 Å². The van der Waals surface area contributed by atoms with Crippen molar-refractivity contribution in [2.75, 3.05) is 32.7 Å². The number of nitrogens with zero attached hydrogens (tertiary/aromatic N) is 1. The maximum Gasteiger partial charge on any atom is 0.275 e. The first-order valence-corrected chi connectivity index (χ1v) is 10.8. The van der Waals surface area contributed by atoms with E-state index in [9.17, 15) is 13.2 Å². The molecule has 0 saturated carbocycles. The zero-order valence-corrected chi connectivity index (χ0v) is 17.4. The van der Waals surface area contributed by atoms with Crippen LogP contribution >= 0.6 is 0 Å². The van der Waals surface area contributed by atoms with E-state index in [1.165, 1.54) is 0 Å². The Morgan fingerprint density at radius 1 is 1.19 bits per heavy atom. The van der Waals surface area contributed by atoms with Crippen LogP contribution in [0, 0.1) is 20.8 Å². The molecule has 26 heavy (non-hydrogen) atoms. The number of carbonyl (C=O) groups is 1. The fraction of sp³-hybridized carbons (Fsp3) is 0.632. The zero-order valence-electron chi connectivity index (χ0n) is 16.6. The average molecular weight is 383 g/mol. The first-order valence-electron chi connectivity index (χ1n) is 9.36. The molecule has 1 aliphatic rings. The van der Waals surface area contributed by atoms with Gasteiger partial charge in [-0.2, -0.15) is 4.31 Å². The number of rotatable bonds is 6. The van der Waals surface area contributed by atoms with E-state index in [1.807, 2.05) is 46.8 Å². The molecule has 0 unspecified atom stereocenters. The molecule has 146 valence electrons. The second-order valence-electron chi connectivity index (χ2n) is 7.44. The molecule has 1 aliphatic heterocycles. The minimum absolute atomic E-state index is 0.0379. The van der Waals surface area contributed by atoms with Gasteiger partial charge in [-0.05, 0) is 45.2 Å². The fourth-order valence-corrected chi connectivity index (χ4v) is 5.43. The van der Waals surface area contributed by atoms with Gasteiger partial charge in [0.15, 0.2) is 6.54 Å². The van der Waals surface area contributed by atoms with Crippen molar-refractivity contribution in [3.8, 4) is 0 Å². The van der Waals surface area contributed by atoms with Gasteiger partial charge in [0, 0.05) is 6.04 Å². The van der Waals surface area contributed by atoms with Gasteiger partial charge in [-0.15, -0.1) is 0 Å². The largest absolute Gasteiger partial charge is 0.349 e. The van der Waals surface area contributed by atoms with Crippen molar-refractivity contribution in [3.63, 3.8) is 0 Å². The number of quaternary nitrogens is 1. The molecule has 1 aromatic carbocycles. The number of benzene rings is 1. The van der Waals surface area contributed by atoms with Crippen LogP contribution in [0.15, 0.2) is 17.0 Å². The van der Waals surface area contributed by atoms with Crippen molar-refractivity contribution in [3.05, 3.63) is 28.8 Å². The number of sulfonamides is 1. The van der Waals surface area contributed by atoms with Crippen molar-refractivity contribution < 1.29 is 18.1 Å². The van der Waals surface area contributed by atoms with Gasteiger partial charge in [0.25, 0.3) is 5.91 Å². The fourth-order valence-electron chi connectivity index (χ4n) is 3.58. The summed E-state index contributed by atoms with van der Waals surface area (Å²) in [5.41, 5.74) is 2.66. The van der Waals surface area contributed by atoms with Gasteiger partial charge in [-0.3, -0.25) is 4.79 Å². The Labute approximate surface area is 157 Å². The highest BCUT2D eigenvalue weighted by Crippen LogP contribution is 2.25. The minimum atomic E-state index is -3.50. The highest BCUT2D eigenvalue weighted by Gasteiger charge is 2.33. The number of piperazine rings is 1. The van der Waals surface area contributed by atoms with E-state index in [1.54, 1.807) is 4.31 Å². The van der Waals surface area contributed by atoms with Gasteiger partial charge in [0.2, 0.25) is 10.0 Å². The van der Waals surface area contributed by atoms with Crippen molar-refractivity contribution in [2.45, 2.75) is 52.0 Å². The Morgan fingerprint density at radius 3 is 2.23 bits per heavy atom. The van der Waals surface area contributed by atoms with Crippen molar-refractivity contribution in [2.24, 2.45) is 0 Å². The quantitative estimate of drug-likeness (QED) is 0.749. The third-order valence-electron chi connectivity index (χ3n) is 5.06. The van der Waals surface area contributed by atoms with Crippen molar-refractivity contribution in [1.82, 2.24) is 9.62 Å². The summed E-state index contributed by atoms with van der Waals surface area (Å²) >= 11 is 0. The normalized spacial score (nSPS) is 17.9. The SMILES string of the molecule is CC[C@H](C)NC(=O)C[NH+]1CCN(S(=O)(=O)c2c(C)cc(C)cc2C)CC1. The first-order chi connectivity index (χ1) is 12.1. The van der Waals surface area contributed by atoms with Crippen molar-refractivity contribution in [1.29, 1.82) is 0 Å². The number of hydrogen-bond donors (Lipinski definition) is 2. The Kier molecular flexibility index (Phi) is 6.82. The van der Waals surface area contributed by atoms with E-state index in [-0.39, 0.29) is 11.9 Å². The predicted molar refractivity (Wildman–Crippen MR) is 103 cm³/mol. The molecule has 7 heteroatoms. The third-order valence-corrected chi connectivity index (χ3v) is 7.27. The second kappa shape index (κ2) is 8.50. The molecule has 2 rings (SSSR count). The summed E-state index contributed by atoms with van der Waals surface area (Å²) < 4.78 is 27.7. The third kappa shape index (κ3) is 4.84. The molecule has 0 aliphatic carbocycles. The van der Waals surface area contributed by atoms with Crippen LogP contribution in [0.25, 0.3) is 0 Å². The summed E-state index contributed by atoms with van der Waals surface area (Å²) in [5.74, 6) is 0.0379. The number of hydrogen-bond acceptors (Lipinski definition) is 3. The van der Waals surface area contributed by atoms with Crippen LogP contribution in [-0.2, 0) is 14.8 Å². The highest BCUT2D eigenvalue weighted by atomic mass is 32.2. The molecule has 2 N–H and O–H groups in total. The predicted octanol–water partition coefficient (Wildman–Crippen LogP) is 0.416. The molecule has 1 fully saturated rings. The monoisotopic (exact) mass is 382 g/mol. The molecule has 1 saturated heterocycles. The van der Waals surface area contributed by atoms with Crippen LogP contribution in [0.3, 0.4) is 0 Å².